The molecule has 5 nitrogen and oxygen atoms in total. The first-order valence-electron chi connectivity index (χ1n) is 6.97. The van der Waals surface area contributed by atoms with Crippen LogP contribution >= 0.6 is 0 Å². The monoisotopic (exact) mass is 266 g/mol. The predicted octanol–water partition coefficient (Wildman–Crippen LogP) is 2.41. The zero-order valence-electron chi connectivity index (χ0n) is 12.5. The van der Waals surface area contributed by atoms with E-state index in [-0.39, 0.29) is 0 Å². The van der Waals surface area contributed by atoms with Gasteiger partial charge in [0.2, 0.25) is 0 Å². The summed E-state index contributed by atoms with van der Waals surface area (Å²) in [5, 5.41) is 3.29. The van der Waals surface area contributed by atoms with Crippen molar-refractivity contribution >= 4 is 11.6 Å². The van der Waals surface area contributed by atoms with Gasteiger partial charge in [-0.15, -0.1) is 0 Å². The van der Waals surface area contributed by atoms with Gasteiger partial charge in [0.1, 0.15) is 18.0 Å². The van der Waals surface area contributed by atoms with Crippen LogP contribution in [-0.4, -0.2) is 43.3 Å². The van der Waals surface area contributed by atoms with E-state index in [2.05, 4.69) is 41.0 Å². The van der Waals surface area contributed by atoms with Crippen molar-refractivity contribution in [3.8, 4) is 0 Å². The molecule has 0 aliphatic heterocycles. The summed E-state index contributed by atoms with van der Waals surface area (Å²) in [5.41, 5.74) is 0. The van der Waals surface area contributed by atoms with Gasteiger partial charge < -0.3 is 15.0 Å². The zero-order chi connectivity index (χ0) is 14.1. The van der Waals surface area contributed by atoms with Crippen LogP contribution in [0.15, 0.2) is 12.4 Å². The van der Waals surface area contributed by atoms with E-state index in [0.717, 1.165) is 37.7 Å². The molecule has 19 heavy (non-hydrogen) atoms. The number of hydrogen-bond acceptors (Lipinski definition) is 5. The number of rotatable bonds is 9. The summed E-state index contributed by atoms with van der Waals surface area (Å²) in [6.07, 6.45) is 2.70. The molecule has 1 N–H and O–H groups in total. The maximum absolute atomic E-state index is 5.17. The molecule has 1 heterocycles. The van der Waals surface area contributed by atoms with E-state index in [1.54, 1.807) is 13.4 Å². The summed E-state index contributed by atoms with van der Waals surface area (Å²) in [6.45, 7) is 9.99. The normalized spacial score (nSPS) is 10.8. The minimum Gasteiger partial charge on any atom is -0.383 e. The molecular weight excluding hydrogens is 240 g/mol. The molecule has 108 valence electrons. The lowest BCUT2D eigenvalue weighted by Crippen LogP contribution is -2.31. The van der Waals surface area contributed by atoms with E-state index in [9.17, 15) is 0 Å². The maximum Gasteiger partial charge on any atom is 0.134 e. The van der Waals surface area contributed by atoms with Gasteiger partial charge in [-0.2, -0.15) is 0 Å². The van der Waals surface area contributed by atoms with Crippen LogP contribution < -0.4 is 10.2 Å². The topological polar surface area (TPSA) is 50.3 Å². The number of nitrogens with zero attached hydrogens (tertiary/aromatic N) is 3. The number of anilines is 2. The lowest BCUT2D eigenvalue weighted by Gasteiger charge is -2.25. The second kappa shape index (κ2) is 8.69. The number of ether oxygens (including phenoxy) is 1. The Bertz CT molecular complexity index is 357. The molecule has 0 saturated heterocycles. The van der Waals surface area contributed by atoms with Gasteiger partial charge >= 0.3 is 0 Å². The van der Waals surface area contributed by atoms with Crippen molar-refractivity contribution in [3.05, 3.63) is 12.4 Å². The van der Waals surface area contributed by atoms with E-state index in [1.165, 1.54) is 0 Å². The van der Waals surface area contributed by atoms with E-state index in [1.807, 2.05) is 6.07 Å². The summed E-state index contributed by atoms with van der Waals surface area (Å²) in [7, 11) is 1.72. The number of aromatic nitrogens is 2. The number of methoxy groups -OCH3 is 1. The molecule has 1 aromatic rings. The minimum absolute atomic E-state index is 0.582. The smallest absolute Gasteiger partial charge is 0.134 e. The summed E-state index contributed by atoms with van der Waals surface area (Å²) >= 11 is 0. The molecule has 0 unspecified atom stereocenters. The highest BCUT2D eigenvalue weighted by atomic mass is 16.5. The van der Waals surface area contributed by atoms with Crippen molar-refractivity contribution in [2.24, 2.45) is 5.92 Å². The first kappa shape index (κ1) is 15.7. The van der Waals surface area contributed by atoms with Crippen LogP contribution in [0.5, 0.6) is 0 Å². The first-order chi connectivity index (χ1) is 9.17. The summed E-state index contributed by atoms with van der Waals surface area (Å²) < 4.78 is 5.17. The summed E-state index contributed by atoms with van der Waals surface area (Å²) in [5.74, 6) is 2.43. The predicted molar refractivity (Wildman–Crippen MR) is 79.7 cm³/mol. The Kier molecular flexibility index (Phi) is 7.18. The fraction of sp³-hybridized carbons (Fsp3) is 0.714. The van der Waals surface area contributed by atoms with Crippen LogP contribution in [0, 0.1) is 5.92 Å². The lowest BCUT2D eigenvalue weighted by atomic mass is 10.2. The fourth-order valence-corrected chi connectivity index (χ4v) is 1.81. The Labute approximate surface area is 116 Å². The van der Waals surface area contributed by atoms with Crippen LogP contribution in [-0.2, 0) is 4.74 Å². The molecule has 0 aliphatic carbocycles. The maximum atomic E-state index is 5.17. The van der Waals surface area contributed by atoms with Crippen LogP contribution in [0.2, 0.25) is 0 Å². The first-order valence-corrected chi connectivity index (χ1v) is 6.97. The van der Waals surface area contributed by atoms with Crippen LogP contribution in [0.4, 0.5) is 11.6 Å². The van der Waals surface area contributed by atoms with E-state index in [0.29, 0.717) is 12.5 Å². The van der Waals surface area contributed by atoms with Crippen molar-refractivity contribution in [2.45, 2.75) is 27.2 Å². The van der Waals surface area contributed by atoms with Gasteiger partial charge in [0.15, 0.2) is 0 Å². The van der Waals surface area contributed by atoms with Crippen LogP contribution in [0.25, 0.3) is 0 Å². The van der Waals surface area contributed by atoms with E-state index >= 15 is 0 Å². The van der Waals surface area contributed by atoms with Crippen molar-refractivity contribution in [1.29, 1.82) is 0 Å². The quantitative estimate of drug-likeness (QED) is 0.744. The molecule has 0 radical (unpaired) electrons. The standard InChI is InChI=1S/C14H26N4O/c1-5-6-15-13-9-14(17-11-16-13)18(7-8-19-4)10-12(2)3/h9,11-12H,5-8,10H2,1-4H3,(H,15,16,17). The Hall–Kier alpha value is -1.36. The van der Waals surface area contributed by atoms with Gasteiger partial charge in [-0.3, -0.25) is 0 Å². The van der Waals surface area contributed by atoms with Gasteiger partial charge in [-0.05, 0) is 12.3 Å². The summed E-state index contributed by atoms with van der Waals surface area (Å²) in [4.78, 5) is 10.9. The van der Waals surface area contributed by atoms with Crippen molar-refractivity contribution in [1.82, 2.24) is 9.97 Å². The third-order valence-corrected chi connectivity index (χ3v) is 2.68. The van der Waals surface area contributed by atoms with Crippen molar-refractivity contribution in [2.75, 3.05) is 43.6 Å². The average Bonchev–Trinajstić information content (AvgIpc) is 2.41. The Balaban J connectivity index is 2.75. The second-order valence-corrected chi connectivity index (χ2v) is 5.02. The molecule has 0 spiro atoms. The zero-order valence-corrected chi connectivity index (χ0v) is 12.5. The van der Waals surface area contributed by atoms with Crippen LogP contribution in [0.3, 0.4) is 0 Å². The molecule has 5 heteroatoms. The molecule has 1 aromatic heterocycles. The fourth-order valence-electron chi connectivity index (χ4n) is 1.81. The van der Waals surface area contributed by atoms with E-state index in [4.69, 9.17) is 4.74 Å². The third-order valence-electron chi connectivity index (χ3n) is 2.68. The van der Waals surface area contributed by atoms with Gasteiger partial charge in [0, 0.05) is 32.8 Å². The number of nitrogens with one attached hydrogen (secondary N) is 1. The molecule has 0 aliphatic rings. The molecule has 0 saturated carbocycles. The minimum atomic E-state index is 0.582. The van der Waals surface area contributed by atoms with E-state index < -0.39 is 0 Å². The summed E-state index contributed by atoms with van der Waals surface area (Å²) in [6, 6.07) is 2.01. The Morgan fingerprint density at radius 2 is 2.16 bits per heavy atom. The molecule has 0 aromatic carbocycles. The Morgan fingerprint density at radius 3 is 2.79 bits per heavy atom. The second-order valence-electron chi connectivity index (χ2n) is 5.02. The highest BCUT2D eigenvalue weighted by Crippen LogP contribution is 2.15. The van der Waals surface area contributed by atoms with Crippen molar-refractivity contribution < 1.29 is 4.74 Å². The molecule has 0 amide bonds. The largest absolute Gasteiger partial charge is 0.383 e. The van der Waals surface area contributed by atoms with Gasteiger partial charge in [0.05, 0.1) is 6.61 Å². The molecule has 0 bridgehead atoms. The molecule has 0 atom stereocenters. The van der Waals surface area contributed by atoms with Crippen molar-refractivity contribution in [3.63, 3.8) is 0 Å². The SMILES string of the molecule is CCCNc1cc(N(CCOC)CC(C)C)ncn1. The number of hydrogen-bond donors (Lipinski definition) is 1. The van der Waals surface area contributed by atoms with Gasteiger partial charge in [0.25, 0.3) is 0 Å². The Morgan fingerprint density at radius 1 is 1.37 bits per heavy atom. The highest BCUT2D eigenvalue weighted by Gasteiger charge is 2.10. The highest BCUT2D eigenvalue weighted by molar-refractivity contribution is 5.48. The molecular formula is C14H26N4O. The third kappa shape index (κ3) is 5.87. The van der Waals surface area contributed by atoms with Gasteiger partial charge in [-0.25, -0.2) is 9.97 Å². The average molecular weight is 266 g/mol. The lowest BCUT2D eigenvalue weighted by molar-refractivity contribution is 0.204. The molecule has 1 rings (SSSR count). The van der Waals surface area contributed by atoms with Gasteiger partial charge in [-0.1, -0.05) is 20.8 Å². The van der Waals surface area contributed by atoms with Crippen LogP contribution in [0.1, 0.15) is 27.2 Å². The molecule has 0 fully saturated rings.